The summed E-state index contributed by atoms with van der Waals surface area (Å²) in [6.45, 7) is 22.8. The van der Waals surface area contributed by atoms with E-state index < -0.39 is 28.5 Å². The van der Waals surface area contributed by atoms with E-state index in [0.717, 1.165) is 43.3 Å². The van der Waals surface area contributed by atoms with Gasteiger partial charge in [-0.15, -0.1) is 0 Å². The molecule has 2 fully saturated rings. The number of aliphatic hydroxyl groups is 2. The maximum Gasteiger partial charge on any atom is 0.410 e. The first-order valence-corrected chi connectivity index (χ1v) is 23.6. The average Bonchev–Trinajstić information content (AvgIpc) is 3.22. The van der Waals surface area contributed by atoms with Gasteiger partial charge in [-0.1, -0.05) is 120 Å². The van der Waals surface area contributed by atoms with Crippen molar-refractivity contribution in [3.63, 3.8) is 0 Å². The number of aldehydes is 2. The lowest BCUT2D eigenvalue weighted by Crippen LogP contribution is -2.39. The summed E-state index contributed by atoms with van der Waals surface area (Å²) in [5.41, 5.74) is -1.84. The van der Waals surface area contributed by atoms with E-state index in [1.165, 1.54) is 76.2 Å². The molecule has 62 heavy (non-hydrogen) atoms. The third kappa shape index (κ3) is 36.8. The van der Waals surface area contributed by atoms with Crippen molar-refractivity contribution < 1.29 is 57.9 Å². The average molecular weight is 890 g/mol. The summed E-state index contributed by atoms with van der Waals surface area (Å²) < 4.78 is 25.7. The van der Waals surface area contributed by atoms with E-state index in [4.69, 9.17) is 23.7 Å². The van der Waals surface area contributed by atoms with Gasteiger partial charge in [-0.05, 0) is 57.3 Å². The van der Waals surface area contributed by atoms with E-state index in [1.807, 2.05) is 6.92 Å². The van der Waals surface area contributed by atoms with Gasteiger partial charge in [0.05, 0.1) is 32.8 Å². The summed E-state index contributed by atoms with van der Waals surface area (Å²) in [4.78, 5) is 57.8. The molecule has 0 aromatic carbocycles. The van der Waals surface area contributed by atoms with E-state index in [2.05, 4.69) is 41.5 Å². The number of carbonyl (C=O) groups excluding carboxylic acids is 5. The molecule has 2 N–H and O–H groups in total. The summed E-state index contributed by atoms with van der Waals surface area (Å²) in [5.74, 6) is 2.66. The second-order valence-electron chi connectivity index (χ2n) is 19.2. The molecule has 0 heterocycles. The van der Waals surface area contributed by atoms with Crippen LogP contribution in [0, 0.1) is 34.5 Å². The summed E-state index contributed by atoms with van der Waals surface area (Å²) in [7, 11) is 3.08. The maximum atomic E-state index is 12.1. The van der Waals surface area contributed by atoms with Crippen LogP contribution < -0.4 is 0 Å². The van der Waals surface area contributed by atoms with Gasteiger partial charge in [0.15, 0.2) is 0 Å². The van der Waals surface area contributed by atoms with Crippen molar-refractivity contribution in [2.24, 2.45) is 34.5 Å². The molecule has 0 aromatic heterocycles. The molecule has 13 nitrogen and oxygen atoms in total. The Hall–Kier alpha value is -2.61. The molecule has 0 bridgehead atoms. The number of esters is 2. The van der Waals surface area contributed by atoms with Gasteiger partial charge in [0, 0.05) is 57.4 Å². The number of rotatable bonds is 22. The van der Waals surface area contributed by atoms with E-state index in [9.17, 15) is 34.2 Å². The van der Waals surface area contributed by atoms with Crippen molar-refractivity contribution in [1.29, 1.82) is 0 Å². The molecule has 0 spiro atoms. The first-order chi connectivity index (χ1) is 29.2. The van der Waals surface area contributed by atoms with Crippen LogP contribution in [-0.2, 0) is 42.9 Å². The van der Waals surface area contributed by atoms with E-state index in [0.29, 0.717) is 25.2 Å². The second kappa shape index (κ2) is 38.8. The molecule has 2 aliphatic rings. The van der Waals surface area contributed by atoms with Crippen molar-refractivity contribution in [1.82, 2.24) is 4.90 Å². The number of ether oxygens (including phenoxy) is 5. The van der Waals surface area contributed by atoms with Crippen molar-refractivity contribution in [3.8, 4) is 0 Å². The molecular weight excluding hydrogens is 795 g/mol. The Morgan fingerprint density at radius 2 is 0.984 bits per heavy atom. The van der Waals surface area contributed by atoms with E-state index in [-0.39, 0.29) is 64.9 Å². The van der Waals surface area contributed by atoms with Crippen LogP contribution in [0.15, 0.2) is 0 Å². The van der Waals surface area contributed by atoms with Crippen LogP contribution in [0.25, 0.3) is 0 Å². The third-order valence-electron chi connectivity index (χ3n) is 10.4. The van der Waals surface area contributed by atoms with Crippen molar-refractivity contribution in [3.05, 3.63) is 0 Å². The van der Waals surface area contributed by atoms with Crippen LogP contribution in [-0.4, -0.2) is 118 Å². The van der Waals surface area contributed by atoms with Gasteiger partial charge in [-0.2, -0.15) is 0 Å². The van der Waals surface area contributed by atoms with Crippen molar-refractivity contribution in [2.45, 2.75) is 184 Å². The predicted octanol–water partition coefficient (Wildman–Crippen LogP) is 9.80. The number of methoxy groups -OCH3 is 2. The molecule has 0 aliphatic heterocycles. The highest BCUT2D eigenvalue weighted by Crippen LogP contribution is 2.32. The molecule has 2 atom stereocenters. The molecule has 2 saturated carbocycles. The zero-order valence-corrected chi connectivity index (χ0v) is 41.9. The Bertz CT molecular complexity index is 1110. The summed E-state index contributed by atoms with van der Waals surface area (Å²) in [5, 5.41) is 18.7. The summed E-state index contributed by atoms with van der Waals surface area (Å²) in [6, 6.07) is 0. The Morgan fingerprint density at radius 3 is 1.34 bits per heavy atom. The quantitative estimate of drug-likeness (QED) is 0.0599. The standard InChI is InChI=1S/C17H31NO7.C16H30O4.C10H18O.2C3H8/c1-16(2,3)25-15(22)18(8-6-10-19)9-7-14(21)24-13-17(4,11-20)12-23-5;1-13-4-6-14(7-5-13)8-9-15(18)20-12-16(2,10-17)11-19-3;1-9-4-6-10(7-5-9)3-2-8-11;2*1-3-2/h10,20H,6-9,11-13H2,1-5H3;13-14,17H,4-12H2,1-3H3;8-10H,2-7H2,1H3;2*3H2,1-2H3. The highest BCUT2D eigenvalue weighted by Gasteiger charge is 2.28. The molecule has 2 aliphatic carbocycles. The summed E-state index contributed by atoms with van der Waals surface area (Å²) >= 11 is 0. The van der Waals surface area contributed by atoms with Gasteiger partial charge in [-0.25, -0.2) is 4.79 Å². The molecule has 0 radical (unpaired) electrons. The minimum absolute atomic E-state index is 0.0109. The Labute approximate surface area is 378 Å². The fraction of sp³-hybridized carbons (Fsp3) is 0.898. The minimum Gasteiger partial charge on any atom is -0.465 e. The topological polar surface area (TPSA) is 175 Å². The van der Waals surface area contributed by atoms with Crippen LogP contribution in [0.1, 0.15) is 179 Å². The number of carbonyl (C=O) groups is 5. The molecule has 2 rings (SSSR count). The fourth-order valence-corrected chi connectivity index (χ4v) is 6.53. The Kier molecular flexibility index (Phi) is 39.9. The summed E-state index contributed by atoms with van der Waals surface area (Å²) in [6.07, 6.45) is 17.7. The lowest BCUT2D eigenvalue weighted by atomic mass is 9.81. The van der Waals surface area contributed by atoms with Crippen LogP contribution in [0.5, 0.6) is 0 Å². The molecule has 13 heteroatoms. The van der Waals surface area contributed by atoms with Crippen LogP contribution >= 0.6 is 0 Å². The highest BCUT2D eigenvalue weighted by atomic mass is 16.6. The zero-order valence-electron chi connectivity index (χ0n) is 41.9. The largest absolute Gasteiger partial charge is 0.465 e. The SMILES string of the molecule is CC1CCC(CCC=O)CC1.CCC.CCC.COCC(C)(CO)COC(=O)CCC1CCC(C)CC1.COCC(C)(CO)COC(=O)CCN(CCC=O)C(=O)OC(C)(C)C. The van der Waals surface area contributed by atoms with Crippen molar-refractivity contribution in [2.75, 3.05) is 67.0 Å². The molecule has 1 amide bonds. The lowest BCUT2D eigenvalue weighted by molar-refractivity contribution is -0.150. The van der Waals surface area contributed by atoms with Gasteiger partial charge in [-0.3, -0.25) is 9.59 Å². The van der Waals surface area contributed by atoms with Gasteiger partial charge in [0.2, 0.25) is 0 Å². The molecule has 0 saturated heterocycles. The normalized spacial score (nSPS) is 20.1. The van der Waals surface area contributed by atoms with Gasteiger partial charge >= 0.3 is 18.0 Å². The predicted molar refractivity (Wildman–Crippen MR) is 248 cm³/mol. The first-order valence-electron chi connectivity index (χ1n) is 23.6. The highest BCUT2D eigenvalue weighted by molar-refractivity contribution is 5.72. The zero-order chi connectivity index (χ0) is 48.0. The minimum atomic E-state index is -0.674. The molecule has 2 unspecified atom stereocenters. The maximum absolute atomic E-state index is 12.1. The molecular formula is C49H95NO12. The van der Waals surface area contributed by atoms with Crippen LogP contribution in [0.3, 0.4) is 0 Å². The number of nitrogens with zero attached hydrogens (tertiary/aromatic N) is 1. The first kappa shape index (κ1) is 63.7. The van der Waals surface area contributed by atoms with Crippen LogP contribution in [0.2, 0.25) is 0 Å². The van der Waals surface area contributed by atoms with Gasteiger partial charge < -0.3 is 48.4 Å². The Balaban J connectivity index is -0.000000831. The fourth-order valence-electron chi connectivity index (χ4n) is 6.53. The van der Waals surface area contributed by atoms with Crippen molar-refractivity contribution >= 4 is 30.6 Å². The van der Waals surface area contributed by atoms with E-state index >= 15 is 0 Å². The van der Waals surface area contributed by atoms with Gasteiger partial charge in [0.1, 0.15) is 31.4 Å². The smallest absolute Gasteiger partial charge is 0.410 e. The number of amides is 1. The lowest BCUT2D eigenvalue weighted by Gasteiger charge is -2.27. The van der Waals surface area contributed by atoms with Gasteiger partial charge in [0.25, 0.3) is 0 Å². The molecule has 0 aromatic rings. The second-order valence-corrected chi connectivity index (χ2v) is 19.2. The number of aliphatic hydroxyl groups excluding tert-OH is 2. The van der Waals surface area contributed by atoms with Crippen LogP contribution in [0.4, 0.5) is 4.79 Å². The Morgan fingerprint density at radius 1 is 0.597 bits per heavy atom. The van der Waals surface area contributed by atoms with E-state index in [1.54, 1.807) is 34.8 Å². The molecule has 368 valence electrons. The monoisotopic (exact) mass is 890 g/mol. The third-order valence-corrected chi connectivity index (χ3v) is 10.4. The number of hydrogen-bond acceptors (Lipinski definition) is 12. The number of hydrogen-bond donors (Lipinski definition) is 2.